The Labute approximate surface area is 91.4 Å². The molecule has 1 aliphatic rings. The van der Waals surface area contributed by atoms with Crippen molar-refractivity contribution in [2.24, 2.45) is 5.73 Å². The van der Waals surface area contributed by atoms with Gasteiger partial charge in [-0.25, -0.2) is 0 Å². The second kappa shape index (κ2) is 4.23. The Morgan fingerprint density at radius 2 is 1.93 bits per heavy atom. The summed E-state index contributed by atoms with van der Waals surface area (Å²) in [6.07, 6.45) is 3.78. The molecule has 0 amide bonds. The number of rotatable bonds is 4. The summed E-state index contributed by atoms with van der Waals surface area (Å²) >= 11 is 0. The zero-order chi connectivity index (χ0) is 10.7. The summed E-state index contributed by atoms with van der Waals surface area (Å²) in [5.74, 6) is 0.952. The van der Waals surface area contributed by atoms with Gasteiger partial charge in [-0.2, -0.15) is 0 Å². The quantitative estimate of drug-likeness (QED) is 0.819. The first-order valence-corrected chi connectivity index (χ1v) is 5.74. The van der Waals surface area contributed by atoms with Crippen LogP contribution in [0.4, 0.5) is 0 Å². The molecule has 15 heavy (non-hydrogen) atoms. The van der Waals surface area contributed by atoms with Gasteiger partial charge in [0.25, 0.3) is 0 Å². The third-order valence-corrected chi connectivity index (χ3v) is 3.48. The maximum atomic E-state index is 5.87. The first-order chi connectivity index (χ1) is 7.30. The lowest BCUT2D eigenvalue weighted by atomic mass is 9.64. The molecule has 0 aromatic heterocycles. The zero-order valence-corrected chi connectivity index (χ0v) is 9.33. The summed E-state index contributed by atoms with van der Waals surface area (Å²) in [5.41, 5.74) is 7.51. The van der Waals surface area contributed by atoms with E-state index in [1.807, 2.05) is 6.92 Å². The highest BCUT2D eigenvalue weighted by Gasteiger charge is 2.36. The Hall–Kier alpha value is -1.02. The van der Waals surface area contributed by atoms with E-state index in [9.17, 15) is 0 Å². The minimum atomic E-state index is 0.269. The standard InChI is InChI=1S/C13H19NO/c1-2-15-12-6-4-11(5-7-12)13(10-14)8-3-9-13/h4-7H,2-3,8-10,14H2,1H3. The fourth-order valence-electron chi connectivity index (χ4n) is 2.29. The smallest absolute Gasteiger partial charge is 0.119 e. The summed E-state index contributed by atoms with van der Waals surface area (Å²) in [5, 5.41) is 0. The topological polar surface area (TPSA) is 35.2 Å². The van der Waals surface area contributed by atoms with E-state index in [0.717, 1.165) is 18.9 Å². The van der Waals surface area contributed by atoms with Crippen LogP contribution >= 0.6 is 0 Å². The van der Waals surface area contributed by atoms with Crippen molar-refractivity contribution in [2.45, 2.75) is 31.6 Å². The average Bonchev–Trinajstić information content (AvgIpc) is 2.20. The Kier molecular flexibility index (Phi) is 2.96. The van der Waals surface area contributed by atoms with Gasteiger partial charge in [-0.3, -0.25) is 0 Å². The van der Waals surface area contributed by atoms with Gasteiger partial charge in [-0.15, -0.1) is 0 Å². The molecule has 0 spiro atoms. The second-order valence-corrected chi connectivity index (χ2v) is 4.30. The van der Waals surface area contributed by atoms with E-state index in [1.165, 1.54) is 24.8 Å². The lowest BCUT2D eigenvalue weighted by Crippen LogP contribution is -2.41. The first-order valence-electron chi connectivity index (χ1n) is 5.74. The van der Waals surface area contributed by atoms with E-state index in [4.69, 9.17) is 10.5 Å². The van der Waals surface area contributed by atoms with Crippen LogP contribution in [0.2, 0.25) is 0 Å². The van der Waals surface area contributed by atoms with E-state index in [-0.39, 0.29) is 5.41 Å². The number of hydrogen-bond donors (Lipinski definition) is 1. The fourth-order valence-corrected chi connectivity index (χ4v) is 2.29. The van der Waals surface area contributed by atoms with Gasteiger partial charge in [-0.05, 0) is 37.5 Å². The van der Waals surface area contributed by atoms with Crippen molar-refractivity contribution in [3.8, 4) is 5.75 Å². The van der Waals surface area contributed by atoms with Gasteiger partial charge in [0, 0.05) is 12.0 Å². The second-order valence-electron chi connectivity index (χ2n) is 4.30. The molecule has 1 aromatic rings. The molecular weight excluding hydrogens is 186 g/mol. The SMILES string of the molecule is CCOc1ccc(C2(CN)CCC2)cc1. The molecule has 2 heteroatoms. The van der Waals surface area contributed by atoms with E-state index in [1.54, 1.807) is 0 Å². The van der Waals surface area contributed by atoms with E-state index in [2.05, 4.69) is 24.3 Å². The normalized spacial score (nSPS) is 18.3. The Bertz CT molecular complexity index is 308. The highest BCUT2D eigenvalue weighted by molar-refractivity contribution is 5.34. The third-order valence-electron chi connectivity index (χ3n) is 3.48. The molecule has 0 bridgehead atoms. The number of hydrogen-bond acceptors (Lipinski definition) is 2. The molecular formula is C13H19NO. The molecule has 0 saturated heterocycles. The van der Waals surface area contributed by atoms with Crippen molar-refractivity contribution in [3.63, 3.8) is 0 Å². The van der Waals surface area contributed by atoms with Crippen molar-refractivity contribution < 1.29 is 4.74 Å². The molecule has 2 N–H and O–H groups in total. The predicted molar refractivity (Wildman–Crippen MR) is 62.2 cm³/mol. The van der Waals surface area contributed by atoms with E-state index < -0.39 is 0 Å². The van der Waals surface area contributed by atoms with Gasteiger partial charge in [-0.1, -0.05) is 18.6 Å². The fraction of sp³-hybridized carbons (Fsp3) is 0.538. The summed E-state index contributed by atoms with van der Waals surface area (Å²) in [7, 11) is 0. The van der Waals surface area contributed by atoms with Gasteiger partial charge >= 0.3 is 0 Å². The Balaban J connectivity index is 2.15. The van der Waals surface area contributed by atoms with Gasteiger partial charge in [0.2, 0.25) is 0 Å². The van der Waals surface area contributed by atoms with Gasteiger partial charge in [0.05, 0.1) is 6.61 Å². The van der Waals surface area contributed by atoms with Gasteiger partial charge < -0.3 is 10.5 Å². The molecule has 2 nitrogen and oxygen atoms in total. The molecule has 1 aliphatic carbocycles. The number of benzene rings is 1. The number of nitrogens with two attached hydrogens (primary N) is 1. The largest absolute Gasteiger partial charge is 0.494 e. The van der Waals surface area contributed by atoms with Crippen LogP contribution in [0, 0.1) is 0 Å². The van der Waals surface area contributed by atoms with Crippen molar-refractivity contribution in [1.82, 2.24) is 0 Å². The van der Waals surface area contributed by atoms with Crippen molar-refractivity contribution in [2.75, 3.05) is 13.2 Å². The van der Waals surface area contributed by atoms with Crippen molar-refractivity contribution in [1.29, 1.82) is 0 Å². The van der Waals surface area contributed by atoms with Crippen LogP contribution in [0.3, 0.4) is 0 Å². The van der Waals surface area contributed by atoms with Crippen LogP contribution in [0.5, 0.6) is 5.75 Å². The van der Waals surface area contributed by atoms with Crippen LogP contribution in [-0.4, -0.2) is 13.2 Å². The average molecular weight is 205 g/mol. The lowest BCUT2D eigenvalue weighted by molar-refractivity contribution is 0.252. The van der Waals surface area contributed by atoms with Crippen molar-refractivity contribution >= 4 is 0 Å². The van der Waals surface area contributed by atoms with Gasteiger partial charge in [0.1, 0.15) is 5.75 Å². The third kappa shape index (κ3) is 1.86. The molecule has 1 aromatic carbocycles. The molecule has 0 atom stereocenters. The monoisotopic (exact) mass is 205 g/mol. The molecule has 1 saturated carbocycles. The minimum Gasteiger partial charge on any atom is -0.494 e. The summed E-state index contributed by atoms with van der Waals surface area (Å²) in [6, 6.07) is 8.43. The van der Waals surface area contributed by atoms with E-state index >= 15 is 0 Å². The molecule has 1 fully saturated rings. The van der Waals surface area contributed by atoms with Crippen LogP contribution in [0.1, 0.15) is 31.7 Å². The zero-order valence-electron chi connectivity index (χ0n) is 9.33. The van der Waals surface area contributed by atoms with Crippen LogP contribution in [0.25, 0.3) is 0 Å². The highest BCUT2D eigenvalue weighted by Crippen LogP contribution is 2.43. The minimum absolute atomic E-state index is 0.269. The van der Waals surface area contributed by atoms with Crippen LogP contribution in [-0.2, 0) is 5.41 Å². The highest BCUT2D eigenvalue weighted by atomic mass is 16.5. The maximum absolute atomic E-state index is 5.87. The predicted octanol–water partition coefficient (Wildman–Crippen LogP) is 2.47. The summed E-state index contributed by atoms with van der Waals surface area (Å²) in [6.45, 7) is 3.49. The molecule has 0 unspecified atom stereocenters. The van der Waals surface area contributed by atoms with Crippen molar-refractivity contribution in [3.05, 3.63) is 29.8 Å². The van der Waals surface area contributed by atoms with E-state index in [0.29, 0.717) is 0 Å². The summed E-state index contributed by atoms with van der Waals surface area (Å²) < 4.78 is 5.43. The Morgan fingerprint density at radius 1 is 1.27 bits per heavy atom. The lowest BCUT2D eigenvalue weighted by Gasteiger charge is -2.41. The molecule has 0 heterocycles. The summed E-state index contributed by atoms with van der Waals surface area (Å²) in [4.78, 5) is 0. The van der Waals surface area contributed by atoms with Crippen LogP contribution in [0.15, 0.2) is 24.3 Å². The maximum Gasteiger partial charge on any atom is 0.119 e. The molecule has 2 rings (SSSR count). The molecule has 82 valence electrons. The Morgan fingerprint density at radius 3 is 2.33 bits per heavy atom. The van der Waals surface area contributed by atoms with Crippen LogP contribution < -0.4 is 10.5 Å². The van der Waals surface area contributed by atoms with Gasteiger partial charge in [0.15, 0.2) is 0 Å². The number of ether oxygens (including phenoxy) is 1. The molecule has 0 aliphatic heterocycles. The first kappa shape index (κ1) is 10.5. The molecule has 0 radical (unpaired) electrons.